The lowest BCUT2D eigenvalue weighted by molar-refractivity contribution is -0.116. The van der Waals surface area contributed by atoms with E-state index in [1.807, 2.05) is 19.2 Å². The van der Waals surface area contributed by atoms with Crippen LogP contribution in [-0.4, -0.2) is 45.8 Å². The van der Waals surface area contributed by atoms with Crippen molar-refractivity contribution in [3.8, 4) is 0 Å². The molecule has 8 nitrogen and oxygen atoms in total. The van der Waals surface area contributed by atoms with Gasteiger partial charge in [-0.05, 0) is 69.0 Å². The molecule has 2 unspecified atom stereocenters. The van der Waals surface area contributed by atoms with Gasteiger partial charge in [0.25, 0.3) is 0 Å². The monoisotopic (exact) mass is 509 g/mol. The minimum Gasteiger partial charge on any atom is -0.324 e. The maximum absolute atomic E-state index is 12.3. The summed E-state index contributed by atoms with van der Waals surface area (Å²) < 4.78 is 34.3. The molecule has 0 saturated carbocycles. The van der Waals surface area contributed by atoms with Crippen LogP contribution < -0.4 is 0 Å². The summed E-state index contributed by atoms with van der Waals surface area (Å²) >= 11 is 0. The van der Waals surface area contributed by atoms with Gasteiger partial charge in [-0.2, -0.15) is 0 Å². The van der Waals surface area contributed by atoms with Crippen LogP contribution in [0.15, 0.2) is 48.5 Å². The molecule has 0 spiro atoms. The van der Waals surface area contributed by atoms with E-state index in [2.05, 4.69) is 41.3 Å². The van der Waals surface area contributed by atoms with Crippen molar-refractivity contribution in [1.82, 2.24) is 4.90 Å². The van der Waals surface area contributed by atoms with Gasteiger partial charge in [-0.3, -0.25) is 23.0 Å². The van der Waals surface area contributed by atoms with Crippen molar-refractivity contribution in [2.24, 2.45) is 0 Å². The van der Waals surface area contributed by atoms with E-state index in [1.165, 1.54) is 12.5 Å². The highest BCUT2D eigenvalue weighted by atomic mass is 31.2. The summed E-state index contributed by atoms with van der Waals surface area (Å²) in [6.07, 6.45) is 0.559. The number of Topliss-reactive ketones (excluding diaryl/α,β-unsaturated/α-hetero) is 1. The highest BCUT2D eigenvalue weighted by Gasteiger charge is 2.52. The summed E-state index contributed by atoms with van der Waals surface area (Å²) in [7, 11) is -6.51. The number of hydrogen-bond acceptors (Lipinski definition) is 6. The minimum atomic E-state index is -4.22. The van der Waals surface area contributed by atoms with E-state index < -0.39 is 26.9 Å². The maximum atomic E-state index is 12.3. The smallest absolute Gasteiger partial charge is 0.324 e. The van der Waals surface area contributed by atoms with Crippen molar-refractivity contribution in [2.45, 2.75) is 57.8 Å². The Morgan fingerprint density at radius 2 is 1.56 bits per heavy atom. The summed E-state index contributed by atoms with van der Waals surface area (Å²) in [5.74, 6) is 0.149. The lowest BCUT2D eigenvalue weighted by Crippen LogP contribution is -2.27. The van der Waals surface area contributed by atoms with E-state index in [0.29, 0.717) is 25.9 Å². The van der Waals surface area contributed by atoms with Crippen LogP contribution in [0.1, 0.15) is 48.9 Å². The SMILES string of the molecule is CC(=O)Cc1cccc(Cc2ccc(CN(C)CCCC3P(=O)(O)OC(C)OP3(=O)O)cc2)c1. The van der Waals surface area contributed by atoms with Crippen LogP contribution in [-0.2, 0) is 42.4 Å². The van der Waals surface area contributed by atoms with Crippen LogP contribution in [0.4, 0.5) is 0 Å². The zero-order valence-corrected chi connectivity index (χ0v) is 21.6. The molecule has 1 aliphatic rings. The first-order valence-corrected chi connectivity index (χ1v) is 14.6. The predicted molar refractivity (Wildman–Crippen MR) is 131 cm³/mol. The molecule has 1 saturated heterocycles. The Labute approximate surface area is 201 Å². The van der Waals surface area contributed by atoms with Gasteiger partial charge in [-0.1, -0.05) is 48.5 Å². The van der Waals surface area contributed by atoms with Gasteiger partial charge in [0.1, 0.15) is 5.78 Å². The normalized spacial score (nSPS) is 27.1. The molecular weight excluding hydrogens is 476 g/mol. The fourth-order valence-corrected chi connectivity index (χ4v) is 8.27. The first-order valence-electron chi connectivity index (χ1n) is 11.3. The third-order valence-electron chi connectivity index (χ3n) is 5.68. The number of nitrogens with zero attached hydrogens (tertiary/aromatic N) is 1. The standard InChI is InChI=1S/C24H33NO7P2/c1-18(26)14-22-6-4-7-23(16-22)15-20-9-11-21(12-10-20)17-25(3)13-5-8-24-33(27,28)31-19(2)32-34(24,29)30/h4,6-7,9-12,16,19,24H,5,8,13-15,17H2,1-3H3,(H,27,28)(H,29,30). The lowest BCUT2D eigenvalue weighted by atomic mass is 10.00. The Hall–Kier alpha value is -1.63. The molecule has 0 radical (unpaired) electrons. The van der Waals surface area contributed by atoms with E-state index in [-0.39, 0.29) is 12.2 Å². The first kappa shape index (κ1) is 27.0. The minimum absolute atomic E-state index is 0.0558. The molecule has 2 aromatic carbocycles. The van der Waals surface area contributed by atoms with Crippen molar-refractivity contribution >= 4 is 21.0 Å². The molecule has 2 atom stereocenters. The number of hydrogen-bond donors (Lipinski definition) is 2. The molecule has 10 heteroatoms. The van der Waals surface area contributed by atoms with Gasteiger partial charge in [0, 0.05) is 13.0 Å². The quantitative estimate of drug-likeness (QED) is 0.443. The molecule has 2 N–H and O–H groups in total. The van der Waals surface area contributed by atoms with Crippen molar-refractivity contribution in [2.75, 3.05) is 13.6 Å². The molecule has 0 aliphatic carbocycles. The Morgan fingerprint density at radius 1 is 0.971 bits per heavy atom. The zero-order chi connectivity index (χ0) is 24.9. The van der Waals surface area contributed by atoms with Crippen LogP contribution in [0.25, 0.3) is 0 Å². The molecule has 186 valence electrons. The largest absolute Gasteiger partial charge is 0.345 e. The fraction of sp³-hybridized carbons (Fsp3) is 0.458. The number of ketones is 1. The van der Waals surface area contributed by atoms with E-state index in [9.17, 15) is 23.7 Å². The Kier molecular flexibility index (Phi) is 9.04. The van der Waals surface area contributed by atoms with Gasteiger partial charge in [-0.15, -0.1) is 0 Å². The second-order valence-electron chi connectivity index (χ2n) is 8.96. The first-order chi connectivity index (χ1) is 15.9. The summed E-state index contributed by atoms with van der Waals surface area (Å²) in [4.78, 5) is 33.5. The molecule has 34 heavy (non-hydrogen) atoms. The summed E-state index contributed by atoms with van der Waals surface area (Å²) in [5.41, 5.74) is 4.49. The van der Waals surface area contributed by atoms with E-state index in [4.69, 9.17) is 9.05 Å². The van der Waals surface area contributed by atoms with Crippen LogP contribution in [0.5, 0.6) is 0 Å². The molecule has 0 bridgehead atoms. The maximum Gasteiger partial charge on any atom is 0.345 e. The van der Waals surface area contributed by atoms with Crippen molar-refractivity contribution in [3.05, 3.63) is 70.8 Å². The third-order valence-corrected chi connectivity index (χ3v) is 10.7. The molecule has 3 rings (SSSR count). The van der Waals surface area contributed by atoms with Crippen LogP contribution in [0, 0.1) is 0 Å². The van der Waals surface area contributed by atoms with Gasteiger partial charge < -0.3 is 14.7 Å². The number of carbonyl (C=O) groups excluding carboxylic acids is 1. The Bertz CT molecular complexity index is 1060. The van der Waals surface area contributed by atoms with Crippen LogP contribution in [0.2, 0.25) is 0 Å². The van der Waals surface area contributed by atoms with Crippen molar-refractivity contribution < 1.29 is 32.8 Å². The Balaban J connectivity index is 1.49. The number of carbonyl (C=O) groups is 1. The summed E-state index contributed by atoms with van der Waals surface area (Å²) in [6, 6.07) is 16.4. The highest BCUT2D eigenvalue weighted by molar-refractivity contribution is 7.72. The van der Waals surface area contributed by atoms with Gasteiger partial charge in [-0.25, -0.2) is 0 Å². The van der Waals surface area contributed by atoms with Crippen molar-refractivity contribution in [3.63, 3.8) is 0 Å². The lowest BCUT2D eigenvalue weighted by Gasteiger charge is -2.34. The summed E-state index contributed by atoms with van der Waals surface area (Å²) in [5, 5.41) is -1.42. The van der Waals surface area contributed by atoms with Crippen LogP contribution >= 0.6 is 15.2 Å². The van der Waals surface area contributed by atoms with Gasteiger partial charge in [0.2, 0.25) is 0 Å². The molecule has 1 fully saturated rings. The van der Waals surface area contributed by atoms with E-state index >= 15 is 0 Å². The Morgan fingerprint density at radius 3 is 2.18 bits per heavy atom. The number of rotatable bonds is 10. The van der Waals surface area contributed by atoms with E-state index in [0.717, 1.165) is 23.1 Å². The van der Waals surface area contributed by atoms with Crippen LogP contribution in [0.3, 0.4) is 0 Å². The van der Waals surface area contributed by atoms with E-state index in [1.54, 1.807) is 6.92 Å². The van der Waals surface area contributed by atoms with Gasteiger partial charge >= 0.3 is 15.2 Å². The molecule has 1 aliphatic heterocycles. The van der Waals surface area contributed by atoms with Crippen molar-refractivity contribution in [1.29, 1.82) is 0 Å². The second-order valence-corrected chi connectivity index (χ2v) is 13.3. The zero-order valence-electron chi connectivity index (χ0n) is 19.8. The number of benzene rings is 2. The summed E-state index contributed by atoms with van der Waals surface area (Å²) in [6.45, 7) is 4.18. The molecule has 0 amide bonds. The highest BCUT2D eigenvalue weighted by Crippen LogP contribution is 2.71. The van der Waals surface area contributed by atoms with Gasteiger partial charge in [0.05, 0.1) is 0 Å². The van der Waals surface area contributed by atoms with Gasteiger partial charge in [0.15, 0.2) is 11.7 Å². The molecule has 0 aromatic heterocycles. The average Bonchev–Trinajstić information content (AvgIpc) is 2.70. The predicted octanol–water partition coefficient (Wildman–Crippen LogP) is 4.71. The molecule has 2 aromatic rings. The molecule has 1 heterocycles. The third kappa shape index (κ3) is 7.69. The second kappa shape index (κ2) is 11.4. The molecular formula is C24H33NO7P2. The average molecular weight is 509 g/mol. The fourth-order valence-electron chi connectivity index (χ4n) is 4.17. The topological polar surface area (TPSA) is 113 Å².